The summed E-state index contributed by atoms with van der Waals surface area (Å²) in [6, 6.07) is 8.10. The smallest absolute Gasteiger partial charge is 0.119 e. The molecule has 0 radical (unpaired) electrons. The number of ether oxygens (including phenoxy) is 1. The first-order chi connectivity index (χ1) is 8.69. The Balaban J connectivity index is 1.88. The van der Waals surface area contributed by atoms with E-state index in [2.05, 4.69) is 30.2 Å². The Morgan fingerprint density at radius 2 is 2.11 bits per heavy atom. The summed E-state index contributed by atoms with van der Waals surface area (Å²) in [4.78, 5) is 5.81. The van der Waals surface area contributed by atoms with Crippen molar-refractivity contribution in [3.63, 3.8) is 0 Å². The van der Waals surface area contributed by atoms with Gasteiger partial charge in [0, 0.05) is 18.0 Å². The third-order valence-corrected chi connectivity index (χ3v) is 3.89. The van der Waals surface area contributed by atoms with Gasteiger partial charge in [-0.3, -0.25) is 0 Å². The van der Waals surface area contributed by atoms with E-state index < -0.39 is 0 Å². The molecule has 0 amide bonds. The highest BCUT2D eigenvalue weighted by atomic mass is 32.1. The second kappa shape index (κ2) is 5.98. The summed E-state index contributed by atoms with van der Waals surface area (Å²) >= 11 is 1.76. The molecule has 18 heavy (non-hydrogen) atoms. The van der Waals surface area contributed by atoms with E-state index in [-0.39, 0.29) is 0 Å². The van der Waals surface area contributed by atoms with Crippen molar-refractivity contribution in [2.24, 2.45) is 0 Å². The molecule has 0 saturated carbocycles. The molecular weight excluding hydrogens is 244 g/mol. The highest BCUT2D eigenvalue weighted by Gasteiger charge is 2.03. The van der Waals surface area contributed by atoms with Crippen LogP contribution in [-0.2, 0) is 13.1 Å². The molecule has 4 heteroatoms. The van der Waals surface area contributed by atoms with Crippen LogP contribution < -0.4 is 10.1 Å². The average Bonchev–Trinajstić information content (AvgIpc) is 2.69. The first-order valence-corrected chi connectivity index (χ1v) is 6.77. The Labute approximate surface area is 112 Å². The maximum absolute atomic E-state index is 5.20. The topological polar surface area (TPSA) is 34.1 Å². The summed E-state index contributed by atoms with van der Waals surface area (Å²) in [6.45, 7) is 5.81. The van der Waals surface area contributed by atoms with E-state index in [1.807, 2.05) is 18.2 Å². The van der Waals surface area contributed by atoms with E-state index in [0.29, 0.717) is 0 Å². The summed E-state index contributed by atoms with van der Waals surface area (Å²) in [5.74, 6) is 0.898. The maximum atomic E-state index is 5.20. The van der Waals surface area contributed by atoms with Crippen LogP contribution in [0.1, 0.15) is 21.1 Å². The number of thiazole rings is 1. The molecule has 0 saturated heterocycles. The van der Waals surface area contributed by atoms with Crippen LogP contribution in [0, 0.1) is 13.8 Å². The minimum Gasteiger partial charge on any atom is -0.497 e. The molecule has 1 heterocycles. The Morgan fingerprint density at radius 3 is 2.78 bits per heavy atom. The molecule has 1 aromatic carbocycles. The fraction of sp³-hybridized carbons (Fsp3) is 0.357. The van der Waals surface area contributed by atoms with Crippen LogP contribution in [0.3, 0.4) is 0 Å². The third-order valence-electron chi connectivity index (χ3n) is 2.81. The van der Waals surface area contributed by atoms with Crippen molar-refractivity contribution >= 4 is 11.3 Å². The van der Waals surface area contributed by atoms with E-state index in [9.17, 15) is 0 Å². The largest absolute Gasteiger partial charge is 0.497 e. The van der Waals surface area contributed by atoms with Crippen LogP contribution in [0.15, 0.2) is 24.3 Å². The first-order valence-electron chi connectivity index (χ1n) is 5.95. The fourth-order valence-corrected chi connectivity index (χ4v) is 2.61. The summed E-state index contributed by atoms with van der Waals surface area (Å²) in [5.41, 5.74) is 2.36. The molecule has 0 fully saturated rings. The van der Waals surface area contributed by atoms with Gasteiger partial charge in [0.25, 0.3) is 0 Å². The van der Waals surface area contributed by atoms with Crippen LogP contribution >= 0.6 is 11.3 Å². The minimum absolute atomic E-state index is 0.816. The van der Waals surface area contributed by atoms with Crippen LogP contribution in [0.5, 0.6) is 5.75 Å². The molecule has 0 bridgehead atoms. The zero-order valence-corrected chi connectivity index (χ0v) is 11.8. The minimum atomic E-state index is 0.816. The molecule has 3 nitrogen and oxygen atoms in total. The highest BCUT2D eigenvalue weighted by molar-refractivity contribution is 7.11. The van der Waals surface area contributed by atoms with Gasteiger partial charge in [-0.2, -0.15) is 0 Å². The van der Waals surface area contributed by atoms with Gasteiger partial charge in [0.05, 0.1) is 12.8 Å². The Morgan fingerprint density at radius 1 is 1.28 bits per heavy atom. The van der Waals surface area contributed by atoms with E-state index >= 15 is 0 Å². The van der Waals surface area contributed by atoms with E-state index in [1.54, 1.807) is 18.4 Å². The summed E-state index contributed by atoms with van der Waals surface area (Å²) < 4.78 is 5.20. The fourth-order valence-electron chi connectivity index (χ4n) is 1.71. The second-order valence-electron chi connectivity index (χ2n) is 4.20. The van der Waals surface area contributed by atoms with Crippen molar-refractivity contribution in [2.45, 2.75) is 26.9 Å². The standard InChI is InChI=1S/C14H18N2OS/c1-10-11(2)18-14(16-10)9-15-8-12-5-4-6-13(7-12)17-3/h4-7,15H,8-9H2,1-3H3. The first kappa shape index (κ1) is 13.1. The molecule has 1 N–H and O–H groups in total. The lowest BCUT2D eigenvalue weighted by molar-refractivity contribution is 0.414. The van der Waals surface area contributed by atoms with E-state index in [0.717, 1.165) is 29.5 Å². The molecule has 0 aliphatic heterocycles. The molecule has 0 atom stereocenters. The Hall–Kier alpha value is -1.39. The van der Waals surface area contributed by atoms with Crippen molar-refractivity contribution in [2.75, 3.05) is 7.11 Å². The van der Waals surface area contributed by atoms with Crippen molar-refractivity contribution < 1.29 is 4.74 Å². The molecule has 1 aromatic heterocycles. The molecule has 2 rings (SSSR count). The molecule has 0 aliphatic carbocycles. The zero-order valence-electron chi connectivity index (χ0n) is 11.0. The van der Waals surface area contributed by atoms with Crippen LogP contribution in [0.4, 0.5) is 0 Å². The van der Waals surface area contributed by atoms with Gasteiger partial charge in [0.1, 0.15) is 10.8 Å². The predicted octanol–water partition coefficient (Wildman–Crippen LogP) is 3.06. The number of nitrogens with zero attached hydrogens (tertiary/aromatic N) is 1. The van der Waals surface area contributed by atoms with Gasteiger partial charge in [-0.25, -0.2) is 4.98 Å². The van der Waals surface area contributed by atoms with Gasteiger partial charge in [-0.15, -0.1) is 11.3 Å². The summed E-state index contributed by atoms with van der Waals surface area (Å²) in [6.07, 6.45) is 0. The summed E-state index contributed by atoms with van der Waals surface area (Å²) in [5, 5.41) is 4.55. The Bertz CT molecular complexity index is 503. The molecule has 96 valence electrons. The predicted molar refractivity (Wildman–Crippen MR) is 75.1 cm³/mol. The van der Waals surface area contributed by atoms with Gasteiger partial charge in [0.2, 0.25) is 0 Å². The van der Waals surface area contributed by atoms with Gasteiger partial charge in [-0.1, -0.05) is 12.1 Å². The molecule has 0 aliphatic rings. The van der Waals surface area contributed by atoms with Crippen LogP contribution in [0.25, 0.3) is 0 Å². The van der Waals surface area contributed by atoms with Crippen LogP contribution in [0.2, 0.25) is 0 Å². The molecule has 0 spiro atoms. The number of hydrogen-bond acceptors (Lipinski definition) is 4. The number of rotatable bonds is 5. The van der Waals surface area contributed by atoms with E-state index in [1.165, 1.54) is 10.4 Å². The van der Waals surface area contributed by atoms with Crippen molar-refractivity contribution in [3.8, 4) is 5.75 Å². The molecular formula is C14H18N2OS. The number of nitrogens with one attached hydrogen (secondary N) is 1. The quantitative estimate of drug-likeness (QED) is 0.899. The van der Waals surface area contributed by atoms with Crippen LogP contribution in [-0.4, -0.2) is 12.1 Å². The van der Waals surface area contributed by atoms with Gasteiger partial charge < -0.3 is 10.1 Å². The van der Waals surface area contributed by atoms with Gasteiger partial charge in [-0.05, 0) is 31.5 Å². The average molecular weight is 262 g/mol. The van der Waals surface area contributed by atoms with Crippen molar-refractivity contribution in [3.05, 3.63) is 45.4 Å². The van der Waals surface area contributed by atoms with Gasteiger partial charge in [0.15, 0.2) is 0 Å². The Kier molecular flexibility index (Phi) is 4.33. The summed E-state index contributed by atoms with van der Waals surface area (Å²) in [7, 11) is 1.69. The third kappa shape index (κ3) is 3.31. The lowest BCUT2D eigenvalue weighted by Crippen LogP contribution is -2.12. The number of aryl methyl sites for hydroxylation is 2. The zero-order chi connectivity index (χ0) is 13.0. The highest BCUT2D eigenvalue weighted by Crippen LogP contribution is 2.16. The van der Waals surface area contributed by atoms with E-state index in [4.69, 9.17) is 4.74 Å². The van der Waals surface area contributed by atoms with Gasteiger partial charge >= 0.3 is 0 Å². The van der Waals surface area contributed by atoms with Crippen molar-refractivity contribution in [1.29, 1.82) is 0 Å². The number of aromatic nitrogens is 1. The SMILES string of the molecule is COc1cccc(CNCc2nc(C)c(C)s2)c1. The monoisotopic (exact) mass is 262 g/mol. The van der Waals surface area contributed by atoms with Crippen molar-refractivity contribution in [1.82, 2.24) is 10.3 Å². The number of hydrogen-bond donors (Lipinski definition) is 1. The lowest BCUT2D eigenvalue weighted by atomic mass is 10.2. The normalized spacial score (nSPS) is 10.6. The molecule has 2 aromatic rings. The number of methoxy groups -OCH3 is 1. The lowest BCUT2D eigenvalue weighted by Gasteiger charge is -2.05. The second-order valence-corrected chi connectivity index (χ2v) is 5.49. The maximum Gasteiger partial charge on any atom is 0.119 e. The number of benzene rings is 1. The molecule has 0 unspecified atom stereocenters.